The highest BCUT2D eigenvalue weighted by Gasteiger charge is 2.39. The zero-order valence-corrected chi connectivity index (χ0v) is 11.4. The Labute approximate surface area is 104 Å². The minimum Gasteiger partial charge on any atom is -0.462 e. The van der Waals surface area contributed by atoms with Gasteiger partial charge in [0.15, 0.2) is 0 Å². The van der Waals surface area contributed by atoms with Crippen molar-refractivity contribution < 1.29 is 9.47 Å². The third kappa shape index (κ3) is 2.19. The van der Waals surface area contributed by atoms with Crippen LogP contribution in [0.2, 0.25) is 0 Å². The van der Waals surface area contributed by atoms with Crippen LogP contribution in [0.4, 0.5) is 0 Å². The van der Waals surface area contributed by atoms with Crippen molar-refractivity contribution >= 4 is 0 Å². The van der Waals surface area contributed by atoms with Gasteiger partial charge in [-0.3, -0.25) is 0 Å². The van der Waals surface area contributed by atoms with E-state index in [9.17, 15) is 0 Å². The Hall–Kier alpha value is -1.02. The average molecular weight is 234 g/mol. The summed E-state index contributed by atoms with van der Waals surface area (Å²) in [5.41, 5.74) is 1.22. The summed E-state index contributed by atoms with van der Waals surface area (Å²) in [7, 11) is 0. The van der Waals surface area contributed by atoms with Gasteiger partial charge in [0.25, 0.3) is 0 Å². The molecule has 1 aromatic rings. The summed E-state index contributed by atoms with van der Waals surface area (Å²) in [4.78, 5) is 0. The molecule has 0 aromatic heterocycles. The molecule has 1 aliphatic rings. The van der Waals surface area contributed by atoms with Gasteiger partial charge in [-0.2, -0.15) is 0 Å². The summed E-state index contributed by atoms with van der Waals surface area (Å²) in [5, 5.41) is 0. The molecule has 2 nitrogen and oxygen atoms in total. The molecule has 1 aliphatic heterocycles. The first kappa shape index (κ1) is 12.4. The van der Waals surface area contributed by atoms with E-state index >= 15 is 0 Å². The lowest BCUT2D eigenvalue weighted by Crippen LogP contribution is -2.41. The highest BCUT2D eigenvalue weighted by Crippen LogP contribution is 2.40. The van der Waals surface area contributed by atoms with Gasteiger partial charge in [-0.15, -0.1) is 0 Å². The van der Waals surface area contributed by atoms with Gasteiger partial charge in [0.2, 0.25) is 5.79 Å². The van der Waals surface area contributed by atoms with Gasteiger partial charge in [0.05, 0.1) is 6.61 Å². The number of rotatable bonds is 1. The number of benzene rings is 1. The normalized spacial score (nSPS) is 27.2. The number of para-hydroxylation sites is 1. The molecule has 0 bridgehead atoms. The third-order valence-corrected chi connectivity index (χ3v) is 3.70. The van der Waals surface area contributed by atoms with Gasteiger partial charge in [-0.05, 0) is 6.07 Å². The van der Waals surface area contributed by atoms with Crippen molar-refractivity contribution in [2.24, 2.45) is 5.92 Å². The quantitative estimate of drug-likeness (QED) is 0.737. The molecule has 17 heavy (non-hydrogen) atoms. The molecule has 0 saturated carbocycles. The Balaban J connectivity index is 2.47. The van der Waals surface area contributed by atoms with E-state index in [1.54, 1.807) is 0 Å². The van der Waals surface area contributed by atoms with Crippen LogP contribution in [0.15, 0.2) is 24.3 Å². The van der Waals surface area contributed by atoms with Crippen LogP contribution in [0.5, 0.6) is 5.75 Å². The van der Waals surface area contributed by atoms with Gasteiger partial charge in [0, 0.05) is 23.8 Å². The summed E-state index contributed by atoms with van der Waals surface area (Å²) in [6, 6.07) is 8.24. The molecule has 94 valence electrons. The largest absolute Gasteiger partial charge is 0.462 e. The first-order valence-corrected chi connectivity index (χ1v) is 6.28. The fourth-order valence-electron chi connectivity index (χ4n) is 2.05. The van der Waals surface area contributed by atoms with E-state index in [-0.39, 0.29) is 5.41 Å². The van der Waals surface area contributed by atoms with Crippen molar-refractivity contribution in [1.82, 2.24) is 0 Å². The molecule has 1 heterocycles. The van der Waals surface area contributed by atoms with Crippen LogP contribution in [-0.2, 0) is 10.2 Å². The molecule has 0 spiro atoms. The van der Waals surface area contributed by atoms with Crippen LogP contribution in [0.3, 0.4) is 0 Å². The number of hydrogen-bond acceptors (Lipinski definition) is 2. The average Bonchev–Trinajstić information content (AvgIpc) is 2.36. The predicted molar refractivity (Wildman–Crippen MR) is 69.3 cm³/mol. The lowest BCUT2D eigenvalue weighted by molar-refractivity contribution is -0.198. The summed E-state index contributed by atoms with van der Waals surface area (Å²) < 4.78 is 12.1. The molecule has 0 N–H and O–H groups in total. The predicted octanol–water partition coefficient (Wildman–Crippen LogP) is 3.75. The third-order valence-electron chi connectivity index (χ3n) is 3.70. The monoisotopic (exact) mass is 234 g/mol. The van der Waals surface area contributed by atoms with Crippen molar-refractivity contribution in [3.8, 4) is 5.75 Å². The van der Waals surface area contributed by atoms with Crippen LogP contribution < -0.4 is 4.74 Å². The second-order valence-corrected chi connectivity index (χ2v) is 5.94. The minimum atomic E-state index is -0.538. The van der Waals surface area contributed by atoms with Gasteiger partial charge in [-0.1, -0.05) is 45.9 Å². The highest BCUT2D eigenvalue weighted by atomic mass is 16.7. The van der Waals surface area contributed by atoms with Crippen molar-refractivity contribution in [3.63, 3.8) is 0 Å². The Morgan fingerprint density at radius 3 is 2.41 bits per heavy atom. The van der Waals surface area contributed by atoms with Gasteiger partial charge < -0.3 is 9.47 Å². The Bertz CT molecular complexity index is 409. The summed E-state index contributed by atoms with van der Waals surface area (Å²) in [5.74, 6) is 0.722. The topological polar surface area (TPSA) is 18.5 Å². The van der Waals surface area contributed by atoms with Crippen LogP contribution >= 0.6 is 0 Å². The maximum Gasteiger partial charge on any atom is 0.210 e. The Morgan fingerprint density at radius 2 is 1.76 bits per heavy atom. The Kier molecular flexibility index (Phi) is 2.94. The van der Waals surface area contributed by atoms with Crippen LogP contribution in [-0.4, -0.2) is 12.4 Å². The smallest absolute Gasteiger partial charge is 0.210 e. The van der Waals surface area contributed by atoms with Gasteiger partial charge in [0.1, 0.15) is 5.75 Å². The van der Waals surface area contributed by atoms with Crippen molar-refractivity contribution in [1.29, 1.82) is 0 Å². The number of ether oxygens (including phenoxy) is 2. The lowest BCUT2D eigenvalue weighted by Gasteiger charge is -2.33. The first-order valence-electron chi connectivity index (χ1n) is 6.28. The van der Waals surface area contributed by atoms with E-state index in [1.807, 2.05) is 19.1 Å². The summed E-state index contributed by atoms with van der Waals surface area (Å²) >= 11 is 0. The van der Waals surface area contributed by atoms with Gasteiger partial charge >= 0.3 is 0 Å². The van der Waals surface area contributed by atoms with Crippen molar-refractivity contribution in [3.05, 3.63) is 29.8 Å². The van der Waals surface area contributed by atoms with E-state index in [4.69, 9.17) is 9.47 Å². The van der Waals surface area contributed by atoms with Crippen molar-refractivity contribution in [2.45, 2.75) is 45.8 Å². The molecule has 0 radical (unpaired) electrons. The number of fused-ring (bicyclic) bond motifs is 1. The van der Waals surface area contributed by atoms with Crippen molar-refractivity contribution in [2.75, 3.05) is 6.61 Å². The molecular formula is C15H22O2. The van der Waals surface area contributed by atoms with Gasteiger partial charge in [-0.25, -0.2) is 0 Å². The molecule has 2 rings (SSSR count). The maximum atomic E-state index is 6.12. The van der Waals surface area contributed by atoms with Crippen LogP contribution in [0.1, 0.15) is 40.2 Å². The molecule has 0 fully saturated rings. The minimum absolute atomic E-state index is 0.0107. The molecular weight excluding hydrogens is 212 g/mol. The molecule has 0 amide bonds. The van der Waals surface area contributed by atoms with E-state index in [2.05, 4.69) is 39.8 Å². The van der Waals surface area contributed by atoms with E-state index in [0.29, 0.717) is 12.5 Å². The first-order chi connectivity index (χ1) is 7.85. The highest BCUT2D eigenvalue weighted by molar-refractivity contribution is 5.40. The van der Waals surface area contributed by atoms with E-state index < -0.39 is 5.79 Å². The maximum absolute atomic E-state index is 6.12. The second-order valence-electron chi connectivity index (χ2n) is 5.94. The second kappa shape index (κ2) is 4.02. The Morgan fingerprint density at radius 1 is 1.12 bits per heavy atom. The van der Waals surface area contributed by atoms with E-state index in [1.165, 1.54) is 5.56 Å². The summed E-state index contributed by atoms with van der Waals surface area (Å²) in [6.07, 6.45) is 0. The van der Waals surface area contributed by atoms with Crippen LogP contribution in [0, 0.1) is 5.92 Å². The van der Waals surface area contributed by atoms with Crippen LogP contribution in [0.25, 0.3) is 0 Å². The molecule has 2 heteroatoms. The fraction of sp³-hybridized carbons (Fsp3) is 0.600. The molecule has 0 aliphatic carbocycles. The summed E-state index contributed by atoms with van der Waals surface area (Å²) in [6.45, 7) is 11.3. The van der Waals surface area contributed by atoms with E-state index in [0.717, 1.165) is 5.75 Å². The SMILES string of the molecule is CC(C)C1(C)OCC(C)(C)c2ccccc2O1. The standard InChI is InChI=1S/C15H22O2/c1-11(2)15(5)16-10-14(3,4)12-8-6-7-9-13(12)17-15/h6-9,11H,10H2,1-5H3. The zero-order chi connectivity index (χ0) is 12.7. The molecule has 1 atom stereocenters. The molecule has 1 aromatic carbocycles. The fourth-order valence-corrected chi connectivity index (χ4v) is 2.05. The molecule has 0 saturated heterocycles. The lowest BCUT2D eigenvalue weighted by atomic mass is 9.85. The molecule has 1 unspecified atom stereocenters. The zero-order valence-electron chi connectivity index (χ0n) is 11.4. The number of hydrogen-bond donors (Lipinski definition) is 0.